The van der Waals surface area contributed by atoms with Crippen molar-refractivity contribution in [2.45, 2.75) is 0 Å². The molecule has 0 unspecified atom stereocenters. The minimum Gasteiger partial charge on any atom is -0.384 e. The Bertz CT molecular complexity index is 208. The van der Waals surface area contributed by atoms with Crippen LogP contribution in [0.1, 0.15) is 5.56 Å². The molecule has 0 spiro atoms. The van der Waals surface area contributed by atoms with Crippen LogP contribution in [-0.2, 0) is 0 Å². The number of rotatable bonds is 1. The predicted molar refractivity (Wildman–Crippen MR) is 43.2 cm³/mol. The minimum atomic E-state index is 0. The van der Waals surface area contributed by atoms with Gasteiger partial charge < -0.3 is 5.73 Å². The maximum atomic E-state index is 7.01. The number of nitrogens with one attached hydrogen (secondary N) is 1. The SMILES string of the molecule is N=C(N)c1ccccc1.[Na]. The number of hydrogen-bond donors (Lipinski definition) is 2. The molecule has 10 heavy (non-hydrogen) atoms. The van der Waals surface area contributed by atoms with Crippen LogP contribution < -0.4 is 5.73 Å². The van der Waals surface area contributed by atoms with E-state index in [4.69, 9.17) is 11.1 Å². The van der Waals surface area contributed by atoms with E-state index in [2.05, 4.69) is 0 Å². The first-order valence-electron chi connectivity index (χ1n) is 2.70. The molecule has 1 aromatic rings. The fourth-order valence-electron chi connectivity index (χ4n) is 0.618. The second kappa shape index (κ2) is 4.50. The van der Waals surface area contributed by atoms with E-state index in [1.165, 1.54) is 0 Å². The zero-order valence-electron chi connectivity index (χ0n) is 5.96. The molecule has 0 fully saturated rings. The Morgan fingerprint density at radius 3 is 2.00 bits per heavy atom. The van der Waals surface area contributed by atoms with Crippen molar-refractivity contribution < 1.29 is 0 Å². The molecule has 0 atom stereocenters. The first-order chi connectivity index (χ1) is 4.30. The van der Waals surface area contributed by atoms with Gasteiger partial charge in [0.15, 0.2) is 0 Å². The third-order valence-electron chi connectivity index (χ3n) is 1.08. The molecule has 2 nitrogen and oxygen atoms in total. The van der Waals surface area contributed by atoms with Crippen LogP contribution in [-0.4, -0.2) is 35.4 Å². The topological polar surface area (TPSA) is 49.9 Å². The van der Waals surface area contributed by atoms with Crippen LogP contribution in [0.5, 0.6) is 0 Å². The quantitative estimate of drug-likeness (QED) is 0.337. The molecule has 0 saturated carbocycles. The molecule has 0 aliphatic carbocycles. The van der Waals surface area contributed by atoms with Crippen molar-refractivity contribution in [3.8, 4) is 0 Å². The molecular weight excluding hydrogens is 135 g/mol. The number of amidine groups is 1. The van der Waals surface area contributed by atoms with Crippen LogP contribution in [0.2, 0.25) is 0 Å². The number of hydrogen-bond acceptors (Lipinski definition) is 1. The van der Waals surface area contributed by atoms with E-state index in [0.717, 1.165) is 5.56 Å². The van der Waals surface area contributed by atoms with Crippen molar-refractivity contribution in [3.63, 3.8) is 0 Å². The van der Waals surface area contributed by atoms with Gasteiger partial charge in [0.25, 0.3) is 0 Å². The number of nitrogens with two attached hydrogens (primary N) is 1. The molecule has 1 rings (SSSR count). The fourth-order valence-corrected chi connectivity index (χ4v) is 0.618. The van der Waals surface area contributed by atoms with Gasteiger partial charge >= 0.3 is 0 Å². The molecular formula is C7H8N2Na. The van der Waals surface area contributed by atoms with Gasteiger partial charge in [0, 0.05) is 35.1 Å². The van der Waals surface area contributed by atoms with E-state index < -0.39 is 0 Å². The van der Waals surface area contributed by atoms with Gasteiger partial charge in [0.1, 0.15) is 5.84 Å². The van der Waals surface area contributed by atoms with Crippen LogP contribution in [0.25, 0.3) is 0 Å². The molecule has 3 heteroatoms. The van der Waals surface area contributed by atoms with Gasteiger partial charge in [-0.1, -0.05) is 30.3 Å². The van der Waals surface area contributed by atoms with Gasteiger partial charge in [-0.3, -0.25) is 5.41 Å². The maximum absolute atomic E-state index is 7.01. The molecule has 1 aromatic carbocycles. The van der Waals surface area contributed by atoms with E-state index in [-0.39, 0.29) is 35.4 Å². The largest absolute Gasteiger partial charge is 0.384 e. The summed E-state index contributed by atoms with van der Waals surface area (Å²) in [5.41, 5.74) is 5.97. The summed E-state index contributed by atoms with van der Waals surface area (Å²) in [7, 11) is 0. The van der Waals surface area contributed by atoms with Crippen LogP contribution in [0, 0.1) is 5.41 Å². The summed E-state index contributed by atoms with van der Waals surface area (Å²) < 4.78 is 0. The molecule has 47 valence electrons. The summed E-state index contributed by atoms with van der Waals surface area (Å²) in [6, 6.07) is 9.23. The summed E-state index contributed by atoms with van der Waals surface area (Å²) >= 11 is 0. The monoisotopic (exact) mass is 143 g/mol. The summed E-state index contributed by atoms with van der Waals surface area (Å²) in [5.74, 6) is 0.121. The van der Waals surface area contributed by atoms with Gasteiger partial charge in [-0.05, 0) is 0 Å². The first-order valence-corrected chi connectivity index (χ1v) is 2.70. The number of nitrogen functional groups attached to an aromatic ring is 1. The molecule has 0 heterocycles. The zero-order chi connectivity index (χ0) is 6.69. The predicted octanol–water partition coefficient (Wildman–Crippen LogP) is 0.590. The fraction of sp³-hybridized carbons (Fsp3) is 0. The van der Waals surface area contributed by atoms with Crippen LogP contribution in [0.15, 0.2) is 30.3 Å². The average Bonchev–Trinajstić information content (AvgIpc) is 1.90. The van der Waals surface area contributed by atoms with Crippen LogP contribution >= 0.6 is 0 Å². The Balaban J connectivity index is 0.000000810. The molecule has 0 saturated heterocycles. The second-order valence-corrected chi connectivity index (χ2v) is 1.78. The number of benzene rings is 1. The van der Waals surface area contributed by atoms with Crippen LogP contribution in [0.3, 0.4) is 0 Å². The van der Waals surface area contributed by atoms with Gasteiger partial charge in [-0.15, -0.1) is 0 Å². The molecule has 0 aliphatic heterocycles. The Hall–Kier alpha value is -0.310. The zero-order valence-corrected chi connectivity index (χ0v) is 7.96. The summed E-state index contributed by atoms with van der Waals surface area (Å²) in [6.07, 6.45) is 0. The van der Waals surface area contributed by atoms with Crippen molar-refractivity contribution in [2.24, 2.45) is 5.73 Å². The molecule has 3 N–H and O–H groups in total. The van der Waals surface area contributed by atoms with Gasteiger partial charge in [-0.25, -0.2) is 0 Å². The maximum Gasteiger partial charge on any atom is 0.122 e. The smallest absolute Gasteiger partial charge is 0.122 e. The van der Waals surface area contributed by atoms with E-state index in [1.807, 2.05) is 30.3 Å². The van der Waals surface area contributed by atoms with Crippen LogP contribution in [0.4, 0.5) is 0 Å². The first kappa shape index (κ1) is 9.69. The van der Waals surface area contributed by atoms with E-state index in [0.29, 0.717) is 0 Å². The summed E-state index contributed by atoms with van der Waals surface area (Å²) in [4.78, 5) is 0. The minimum absolute atomic E-state index is 0. The van der Waals surface area contributed by atoms with Gasteiger partial charge in [-0.2, -0.15) is 0 Å². The van der Waals surface area contributed by atoms with E-state index in [9.17, 15) is 0 Å². The average molecular weight is 143 g/mol. The summed E-state index contributed by atoms with van der Waals surface area (Å²) in [5, 5.41) is 7.01. The molecule has 0 aliphatic rings. The van der Waals surface area contributed by atoms with E-state index >= 15 is 0 Å². The summed E-state index contributed by atoms with van der Waals surface area (Å²) in [6.45, 7) is 0. The van der Waals surface area contributed by atoms with Crippen molar-refractivity contribution in [1.29, 1.82) is 5.41 Å². The molecule has 1 radical (unpaired) electrons. The molecule has 0 amide bonds. The molecule has 0 bridgehead atoms. The van der Waals surface area contributed by atoms with Gasteiger partial charge in [0.2, 0.25) is 0 Å². The van der Waals surface area contributed by atoms with Gasteiger partial charge in [0.05, 0.1) is 0 Å². The standard InChI is InChI=1S/C7H8N2.Na/c8-7(9)6-4-2-1-3-5-6;/h1-5H,(H3,8,9);. The third kappa shape index (κ3) is 2.52. The Labute approximate surface area is 82.2 Å². The Morgan fingerprint density at radius 2 is 1.70 bits per heavy atom. The van der Waals surface area contributed by atoms with Crippen molar-refractivity contribution in [1.82, 2.24) is 0 Å². The van der Waals surface area contributed by atoms with E-state index in [1.54, 1.807) is 0 Å². The van der Waals surface area contributed by atoms with Crippen molar-refractivity contribution in [2.75, 3.05) is 0 Å². The second-order valence-electron chi connectivity index (χ2n) is 1.78. The normalized spacial score (nSPS) is 8.00. The third-order valence-corrected chi connectivity index (χ3v) is 1.08. The molecule has 0 aromatic heterocycles. The van der Waals surface area contributed by atoms with Crippen molar-refractivity contribution >= 4 is 35.4 Å². The Morgan fingerprint density at radius 1 is 1.20 bits per heavy atom. The Kier molecular flexibility index (Phi) is 4.36. The van der Waals surface area contributed by atoms with Crippen molar-refractivity contribution in [3.05, 3.63) is 35.9 Å².